The molecule has 0 N–H and O–H groups in total. The molecule has 0 aromatic carbocycles. The molecule has 0 aromatic heterocycles. The lowest BCUT2D eigenvalue weighted by atomic mass is 10.4. The van der Waals surface area contributed by atoms with Gasteiger partial charge in [-0.2, -0.15) is 4.89 Å². The van der Waals surface area contributed by atoms with Crippen LogP contribution in [0, 0.1) is 0 Å². The van der Waals surface area contributed by atoms with Crippen LogP contribution in [-0.2, 0) is 19.5 Å². The molecule has 1 unspecified atom stereocenters. The van der Waals surface area contributed by atoms with E-state index in [1.807, 2.05) is 0 Å². The van der Waals surface area contributed by atoms with Gasteiger partial charge in [0.15, 0.2) is 6.10 Å². The van der Waals surface area contributed by atoms with Crippen molar-refractivity contribution in [3.05, 3.63) is 0 Å². The van der Waals surface area contributed by atoms with E-state index in [0.717, 1.165) is 0 Å². The van der Waals surface area contributed by atoms with E-state index in [-0.39, 0.29) is 13.2 Å². The van der Waals surface area contributed by atoms with E-state index in [1.54, 1.807) is 0 Å². The minimum absolute atomic E-state index is 0.0716. The summed E-state index contributed by atoms with van der Waals surface area (Å²) in [5, 5.41) is 2.79. The maximum absolute atomic E-state index is 10.8. The quantitative estimate of drug-likeness (QED) is 0.332. The predicted molar refractivity (Wildman–Crippen MR) is 24.4 cm³/mol. The summed E-state index contributed by atoms with van der Waals surface area (Å²) >= 11 is 0. The first kappa shape index (κ1) is 7.23. The molecule has 10 heavy (non-hydrogen) atoms. The van der Waals surface area contributed by atoms with E-state index in [4.69, 9.17) is 0 Å². The Morgan fingerprint density at radius 3 is 3.10 bits per heavy atom. The predicted octanol–water partition coefficient (Wildman–Crippen LogP) is 0.354. The molecule has 0 saturated carbocycles. The first-order chi connectivity index (χ1) is 4.83. The van der Waals surface area contributed by atoms with Crippen LogP contribution in [0.2, 0.25) is 0 Å². The monoisotopic (exact) mass is 152 g/mol. The van der Waals surface area contributed by atoms with Crippen LogP contribution in [0.3, 0.4) is 0 Å². The summed E-state index contributed by atoms with van der Waals surface area (Å²) in [6, 6.07) is 0. The van der Waals surface area contributed by atoms with Crippen LogP contribution in [0.1, 0.15) is 0 Å². The van der Waals surface area contributed by atoms with Crippen molar-refractivity contribution in [2.45, 2.75) is 6.10 Å². The standard InChI is InChI=1S/C4H5FO5/c5-10-8-2-3-1-7-4(6)9-3/h3H,1-2H2. The smallest absolute Gasteiger partial charge is 0.430 e. The van der Waals surface area contributed by atoms with Gasteiger partial charge in [-0.05, 0) is 9.62 Å². The van der Waals surface area contributed by atoms with E-state index >= 15 is 0 Å². The average Bonchev–Trinajstić information content (AvgIpc) is 2.31. The summed E-state index contributed by atoms with van der Waals surface area (Å²) < 4.78 is 19.6. The van der Waals surface area contributed by atoms with Crippen molar-refractivity contribution < 1.29 is 28.8 Å². The highest BCUT2D eigenvalue weighted by atomic mass is 19.3. The van der Waals surface area contributed by atoms with Crippen molar-refractivity contribution in [2.24, 2.45) is 0 Å². The number of rotatable bonds is 3. The minimum atomic E-state index is -0.771. The molecular weight excluding hydrogens is 147 g/mol. The summed E-state index contributed by atoms with van der Waals surface area (Å²) in [5.41, 5.74) is 0. The van der Waals surface area contributed by atoms with Crippen molar-refractivity contribution in [2.75, 3.05) is 13.2 Å². The van der Waals surface area contributed by atoms with Gasteiger partial charge in [0.25, 0.3) is 0 Å². The third-order valence-corrected chi connectivity index (χ3v) is 0.948. The van der Waals surface area contributed by atoms with Gasteiger partial charge in [-0.15, -0.1) is 0 Å². The molecule has 1 saturated heterocycles. The largest absolute Gasteiger partial charge is 0.508 e. The Hall–Kier alpha value is -0.880. The fourth-order valence-corrected chi connectivity index (χ4v) is 0.549. The molecule has 58 valence electrons. The van der Waals surface area contributed by atoms with Crippen molar-refractivity contribution in [1.82, 2.24) is 0 Å². The second-order valence-corrected chi connectivity index (χ2v) is 1.65. The van der Waals surface area contributed by atoms with Crippen LogP contribution in [0.25, 0.3) is 0 Å². The van der Waals surface area contributed by atoms with Crippen LogP contribution < -0.4 is 0 Å². The molecule has 1 atom stereocenters. The highest BCUT2D eigenvalue weighted by Gasteiger charge is 2.25. The maximum atomic E-state index is 10.8. The molecule has 1 aliphatic rings. The van der Waals surface area contributed by atoms with Crippen molar-refractivity contribution >= 4 is 6.16 Å². The summed E-state index contributed by atoms with van der Waals surface area (Å²) in [7, 11) is 0. The van der Waals surface area contributed by atoms with E-state index in [9.17, 15) is 9.32 Å². The lowest BCUT2D eigenvalue weighted by Crippen LogP contribution is -2.16. The molecule has 1 fully saturated rings. The van der Waals surface area contributed by atoms with Gasteiger partial charge < -0.3 is 9.47 Å². The molecule has 1 aliphatic heterocycles. The van der Waals surface area contributed by atoms with Crippen LogP contribution in [0.4, 0.5) is 9.32 Å². The molecule has 0 aromatic rings. The lowest BCUT2D eigenvalue weighted by Gasteiger charge is -2.00. The SMILES string of the molecule is O=C1OCC(COOF)O1. The highest BCUT2D eigenvalue weighted by molar-refractivity contribution is 5.61. The third-order valence-electron chi connectivity index (χ3n) is 0.948. The number of hydrogen-bond donors (Lipinski definition) is 0. The second kappa shape index (κ2) is 3.33. The number of carbonyl (C=O) groups is 1. The van der Waals surface area contributed by atoms with Crippen LogP contribution in [-0.4, -0.2) is 25.5 Å². The molecule has 0 bridgehead atoms. The summed E-state index contributed by atoms with van der Waals surface area (Å²) in [6.07, 6.45) is -1.34. The number of ether oxygens (including phenoxy) is 2. The van der Waals surface area contributed by atoms with Gasteiger partial charge in [0.1, 0.15) is 13.2 Å². The number of carbonyl (C=O) groups excluding carboxylic acids is 1. The van der Waals surface area contributed by atoms with Crippen LogP contribution in [0.15, 0.2) is 0 Å². The third kappa shape index (κ3) is 1.82. The molecule has 1 heterocycles. The molecule has 0 spiro atoms. The van der Waals surface area contributed by atoms with Crippen molar-refractivity contribution in [1.29, 1.82) is 0 Å². The fourth-order valence-electron chi connectivity index (χ4n) is 0.549. The molecule has 6 heteroatoms. The van der Waals surface area contributed by atoms with Crippen molar-refractivity contribution in [3.63, 3.8) is 0 Å². The zero-order valence-corrected chi connectivity index (χ0v) is 4.91. The van der Waals surface area contributed by atoms with E-state index in [0.29, 0.717) is 0 Å². The molecule has 0 aliphatic carbocycles. The Kier molecular flexibility index (Phi) is 2.41. The number of hydrogen-bond acceptors (Lipinski definition) is 5. The molecule has 0 amide bonds. The van der Waals surface area contributed by atoms with Gasteiger partial charge in [-0.1, -0.05) is 0 Å². The van der Waals surface area contributed by atoms with Crippen LogP contribution in [0.5, 0.6) is 0 Å². The van der Waals surface area contributed by atoms with Gasteiger partial charge in [0.2, 0.25) is 0 Å². The minimum Gasteiger partial charge on any atom is -0.430 e. The van der Waals surface area contributed by atoms with Crippen molar-refractivity contribution in [3.8, 4) is 0 Å². The van der Waals surface area contributed by atoms with Crippen LogP contribution >= 0.6 is 0 Å². The van der Waals surface area contributed by atoms with Gasteiger partial charge in [-0.3, -0.25) is 0 Å². The summed E-state index contributed by atoms with van der Waals surface area (Å²) in [5.74, 6) is 0. The topological polar surface area (TPSA) is 54.0 Å². The van der Waals surface area contributed by atoms with Gasteiger partial charge in [0.05, 0.1) is 0 Å². The Morgan fingerprint density at radius 2 is 2.60 bits per heavy atom. The Labute approximate surface area is 55.4 Å². The highest BCUT2D eigenvalue weighted by Crippen LogP contribution is 2.05. The van der Waals surface area contributed by atoms with E-state index in [1.165, 1.54) is 0 Å². The normalized spacial score (nSPS) is 24.1. The second-order valence-electron chi connectivity index (χ2n) is 1.65. The van der Waals surface area contributed by atoms with Gasteiger partial charge >= 0.3 is 6.16 Å². The Bertz CT molecular complexity index is 127. The zero-order chi connectivity index (χ0) is 7.40. The Morgan fingerprint density at radius 1 is 1.80 bits per heavy atom. The number of cyclic esters (lactones) is 2. The summed E-state index contributed by atoms with van der Waals surface area (Å²) in [6.45, 7) is -0.0928. The van der Waals surface area contributed by atoms with Gasteiger partial charge in [0, 0.05) is 0 Å². The summed E-state index contributed by atoms with van der Waals surface area (Å²) in [4.78, 5) is 14.0. The molecular formula is C4H5FO5. The average molecular weight is 152 g/mol. The van der Waals surface area contributed by atoms with Gasteiger partial charge in [-0.25, -0.2) is 4.79 Å². The lowest BCUT2D eigenvalue weighted by molar-refractivity contribution is -0.433. The molecule has 1 rings (SSSR count). The molecule has 5 nitrogen and oxygen atoms in total. The van der Waals surface area contributed by atoms with E-state index in [2.05, 4.69) is 19.5 Å². The van der Waals surface area contributed by atoms with E-state index < -0.39 is 12.3 Å². The first-order valence-electron chi connectivity index (χ1n) is 2.56. The molecule has 0 radical (unpaired) electrons. The first-order valence-corrected chi connectivity index (χ1v) is 2.56. The maximum Gasteiger partial charge on any atom is 0.508 e. The fraction of sp³-hybridized carbons (Fsp3) is 0.750. The zero-order valence-electron chi connectivity index (χ0n) is 4.91. The Balaban J connectivity index is 2.12. The number of halogens is 1.